The maximum Gasteiger partial charge on any atom is 0.226 e. The molecule has 0 N–H and O–H groups in total. The summed E-state index contributed by atoms with van der Waals surface area (Å²) in [5.41, 5.74) is 0. The lowest BCUT2D eigenvalue weighted by molar-refractivity contribution is 0.373. The molecule has 0 amide bonds. The molecule has 2 rings (SSSR count). The fourth-order valence-electron chi connectivity index (χ4n) is 1.45. The maximum absolute atomic E-state index is 12.7. The van der Waals surface area contributed by atoms with Gasteiger partial charge < -0.3 is 4.52 Å². The van der Waals surface area contributed by atoms with Crippen molar-refractivity contribution in [2.75, 3.05) is 0 Å². The van der Waals surface area contributed by atoms with Crippen LogP contribution in [-0.4, -0.2) is 14.3 Å². The van der Waals surface area contributed by atoms with Crippen molar-refractivity contribution in [1.82, 2.24) is 10.1 Å². The van der Waals surface area contributed by atoms with Gasteiger partial charge in [-0.1, -0.05) is 12.1 Å². The van der Waals surface area contributed by atoms with Gasteiger partial charge in [0.05, 0.1) is 16.6 Å². The molecule has 0 aliphatic heterocycles. The van der Waals surface area contributed by atoms with E-state index in [0.717, 1.165) is 12.8 Å². The van der Waals surface area contributed by atoms with Crippen LogP contribution in [0.1, 0.15) is 25.1 Å². The van der Waals surface area contributed by atoms with Gasteiger partial charge in [-0.3, -0.25) is 4.21 Å². The van der Waals surface area contributed by atoms with E-state index in [4.69, 9.17) is 4.52 Å². The van der Waals surface area contributed by atoms with Gasteiger partial charge in [-0.05, 0) is 30.7 Å². The first-order valence-electron chi connectivity index (χ1n) is 5.64. The molecule has 0 fully saturated rings. The number of nitrogens with zero attached hydrogens (tertiary/aromatic N) is 2. The Morgan fingerprint density at radius 1 is 1.33 bits per heavy atom. The van der Waals surface area contributed by atoms with Crippen LogP contribution < -0.4 is 0 Å². The Hall–Kier alpha value is -1.56. The van der Waals surface area contributed by atoms with Crippen LogP contribution in [0.15, 0.2) is 33.7 Å². The van der Waals surface area contributed by atoms with Crippen LogP contribution >= 0.6 is 0 Å². The predicted molar refractivity (Wildman–Crippen MR) is 64.8 cm³/mol. The zero-order valence-corrected chi connectivity index (χ0v) is 10.7. The third-order valence-corrected chi connectivity index (χ3v) is 3.63. The minimum absolute atomic E-state index is 0.179. The molecule has 2 aromatic rings. The highest BCUT2D eigenvalue weighted by Crippen LogP contribution is 2.12. The standard InChI is InChI=1S/C12H13FN2O2S/c1-2-3-12-14-11(15-17-12)8-18(16)10-6-4-9(13)5-7-10/h4-7H,2-3,8H2,1H3. The molecule has 0 saturated carbocycles. The lowest BCUT2D eigenvalue weighted by atomic mass is 10.3. The normalized spacial score (nSPS) is 12.6. The van der Waals surface area contributed by atoms with Crippen molar-refractivity contribution in [3.8, 4) is 0 Å². The van der Waals surface area contributed by atoms with Crippen LogP contribution in [0.25, 0.3) is 0 Å². The number of aryl methyl sites for hydroxylation is 1. The number of hydrogen-bond acceptors (Lipinski definition) is 4. The third kappa shape index (κ3) is 3.22. The van der Waals surface area contributed by atoms with Crippen LogP contribution in [0.5, 0.6) is 0 Å². The quantitative estimate of drug-likeness (QED) is 0.836. The molecular weight excluding hydrogens is 255 g/mol. The van der Waals surface area contributed by atoms with E-state index >= 15 is 0 Å². The molecule has 96 valence electrons. The van der Waals surface area contributed by atoms with Crippen LogP contribution in [0, 0.1) is 5.82 Å². The van der Waals surface area contributed by atoms with Gasteiger partial charge in [-0.2, -0.15) is 4.98 Å². The Kier molecular flexibility index (Phi) is 4.19. The van der Waals surface area contributed by atoms with E-state index in [9.17, 15) is 8.60 Å². The number of aromatic nitrogens is 2. The van der Waals surface area contributed by atoms with Crippen molar-refractivity contribution < 1.29 is 13.1 Å². The van der Waals surface area contributed by atoms with Crippen LogP contribution in [0.3, 0.4) is 0 Å². The average Bonchev–Trinajstić information content (AvgIpc) is 2.78. The van der Waals surface area contributed by atoms with Crippen molar-refractivity contribution in [3.05, 3.63) is 41.8 Å². The Morgan fingerprint density at radius 3 is 2.72 bits per heavy atom. The number of rotatable bonds is 5. The Morgan fingerprint density at radius 2 is 2.06 bits per heavy atom. The summed E-state index contributed by atoms with van der Waals surface area (Å²) in [4.78, 5) is 4.69. The highest BCUT2D eigenvalue weighted by atomic mass is 32.2. The molecule has 0 spiro atoms. The molecule has 1 aromatic carbocycles. The lowest BCUT2D eigenvalue weighted by Gasteiger charge is -1.98. The minimum atomic E-state index is -1.28. The van der Waals surface area contributed by atoms with Crippen molar-refractivity contribution in [3.63, 3.8) is 0 Å². The molecule has 18 heavy (non-hydrogen) atoms. The molecule has 0 aliphatic rings. The molecule has 0 saturated heterocycles. The number of hydrogen-bond donors (Lipinski definition) is 0. The molecule has 1 atom stereocenters. The number of halogens is 1. The predicted octanol–water partition coefficient (Wildman–Crippen LogP) is 2.47. The third-order valence-electron chi connectivity index (χ3n) is 2.31. The van der Waals surface area contributed by atoms with Crippen LogP contribution in [-0.2, 0) is 23.0 Å². The molecule has 1 heterocycles. The van der Waals surface area contributed by atoms with Crippen molar-refractivity contribution in [2.45, 2.75) is 30.4 Å². The molecule has 0 aliphatic carbocycles. The summed E-state index contributed by atoms with van der Waals surface area (Å²) in [6, 6.07) is 5.56. The molecule has 0 bridgehead atoms. The van der Waals surface area contributed by atoms with Gasteiger partial charge in [-0.25, -0.2) is 4.39 Å². The average molecular weight is 268 g/mol. The minimum Gasteiger partial charge on any atom is -0.339 e. The second kappa shape index (κ2) is 5.86. The van der Waals surface area contributed by atoms with E-state index < -0.39 is 10.8 Å². The summed E-state index contributed by atoms with van der Waals surface area (Å²) >= 11 is 0. The zero-order valence-electron chi connectivity index (χ0n) is 9.93. The maximum atomic E-state index is 12.7. The van der Waals surface area contributed by atoms with Crippen LogP contribution in [0.4, 0.5) is 4.39 Å². The monoisotopic (exact) mass is 268 g/mol. The van der Waals surface area contributed by atoms with Crippen molar-refractivity contribution in [2.24, 2.45) is 0 Å². The van der Waals surface area contributed by atoms with E-state index in [1.807, 2.05) is 6.92 Å². The SMILES string of the molecule is CCCc1nc(CS(=O)c2ccc(F)cc2)no1. The number of benzene rings is 1. The molecule has 6 heteroatoms. The summed E-state index contributed by atoms with van der Waals surface area (Å²) in [5.74, 6) is 0.809. The van der Waals surface area contributed by atoms with Gasteiger partial charge in [0.1, 0.15) is 5.82 Å². The van der Waals surface area contributed by atoms with Crippen LogP contribution in [0.2, 0.25) is 0 Å². The summed E-state index contributed by atoms with van der Waals surface area (Å²) in [6.07, 6.45) is 1.64. The Bertz CT molecular complexity index is 539. The lowest BCUT2D eigenvalue weighted by Crippen LogP contribution is -1.98. The molecule has 1 aromatic heterocycles. The largest absolute Gasteiger partial charge is 0.339 e. The van der Waals surface area contributed by atoms with Crippen molar-refractivity contribution in [1.29, 1.82) is 0 Å². The highest BCUT2D eigenvalue weighted by molar-refractivity contribution is 7.84. The smallest absolute Gasteiger partial charge is 0.226 e. The summed E-state index contributed by atoms with van der Waals surface area (Å²) in [6.45, 7) is 2.01. The van der Waals surface area contributed by atoms with Crippen molar-refractivity contribution >= 4 is 10.8 Å². The van der Waals surface area contributed by atoms with E-state index in [2.05, 4.69) is 10.1 Å². The molecule has 0 radical (unpaired) electrons. The Balaban J connectivity index is 2.04. The summed E-state index contributed by atoms with van der Waals surface area (Å²) in [7, 11) is -1.28. The van der Waals surface area contributed by atoms with E-state index in [0.29, 0.717) is 16.6 Å². The van der Waals surface area contributed by atoms with E-state index in [-0.39, 0.29) is 11.6 Å². The summed E-state index contributed by atoms with van der Waals surface area (Å²) in [5, 5.41) is 3.76. The van der Waals surface area contributed by atoms with Gasteiger partial charge in [0, 0.05) is 11.3 Å². The van der Waals surface area contributed by atoms with Gasteiger partial charge >= 0.3 is 0 Å². The van der Waals surface area contributed by atoms with Gasteiger partial charge in [0.2, 0.25) is 5.89 Å². The van der Waals surface area contributed by atoms with E-state index in [1.54, 1.807) is 0 Å². The summed E-state index contributed by atoms with van der Waals surface area (Å²) < 4.78 is 29.7. The highest BCUT2D eigenvalue weighted by Gasteiger charge is 2.11. The van der Waals surface area contributed by atoms with E-state index in [1.165, 1.54) is 24.3 Å². The first-order valence-corrected chi connectivity index (χ1v) is 6.96. The zero-order chi connectivity index (χ0) is 13.0. The van der Waals surface area contributed by atoms with Gasteiger partial charge in [0.25, 0.3) is 0 Å². The van der Waals surface area contributed by atoms with Gasteiger partial charge in [0.15, 0.2) is 5.82 Å². The second-order valence-corrected chi connectivity index (χ2v) is 5.25. The topological polar surface area (TPSA) is 56.0 Å². The second-order valence-electron chi connectivity index (χ2n) is 3.80. The first-order chi connectivity index (χ1) is 8.69. The fraction of sp³-hybridized carbons (Fsp3) is 0.333. The van der Waals surface area contributed by atoms with Gasteiger partial charge in [-0.15, -0.1) is 0 Å². The first kappa shape index (κ1) is 12.9. The molecule has 4 nitrogen and oxygen atoms in total. The fourth-order valence-corrected chi connectivity index (χ4v) is 2.41. The molecular formula is C12H13FN2O2S. The Labute approximate surface area is 107 Å². The molecule has 1 unspecified atom stereocenters.